The Morgan fingerprint density at radius 2 is 2.21 bits per heavy atom. The van der Waals surface area contributed by atoms with Crippen molar-refractivity contribution in [2.45, 2.75) is 25.8 Å². The predicted molar refractivity (Wildman–Crippen MR) is 72.5 cm³/mol. The SMILES string of the molecule is O=Cc1ccc(CN2C(=O)CCCc3sccc32)o1. The average Bonchev–Trinajstić information content (AvgIpc) is 3.01. The first-order valence-electron chi connectivity index (χ1n) is 6.18. The van der Waals surface area contributed by atoms with Crippen LogP contribution < -0.4 is 4.90 Å². The van der Waals surface area contributed by atoms with Crippen LogP contribution in [0.5, 0.6) is 0 Å². The highest BCUT2D eigenvalue weighted by molar-refractivity contribution is 7.10. The highest BCUT2D eigenvalue weighted by Gasteiger charge is 2.24. The molecule has 0 spiro atoms. The number of hydrogen-bond acceptors (Lipinski definition) is 4. The lowest BCUT2D eigenvalue weighted by molar-refractivity contribution is -0.118. The fraction of sp³-hybridized carbons (Fsp3) is 0.286. The summed E-state index contributed by atoms with van der Waals surface area (Å²) in [6.07, 6.45) is 3.07. The topological polar surface area (TPSA) is 50.5 Å². The third kappa shape index (κ3) is 2.33. The molecular formula is C14H13NO3S. The normalized spacial score (nSPS) is 15.2. The van der Waals surface area contributed by atoms with Crippen LogP contribution in [-0.4, -0.2) is 12.2 Å². The van der Waals surface area contributed by atoms with E-state index < -0.39 is 0 Å². The van der Waals surface area contributed by atoms with Crippen LogP contribution in [0.3, 0.4) is 0 Å². The van der Waals surface area contributed by atoms with Crippen LogP contribution in [0.25, 0.3) is 0 Å². The van der Waals surface area contributed by atoms with E-state index in [0.717, 1.165) is 18.5 Å². The Morgan fingerprint density at radius 1 is 1.32 bits per heavy atom. The number of carbonyl (C=O) groups is 2. The van der Waals surface area contributed by atoms with Gasteiger partial charge in [-0.1, -0.05) is 0 Å². The second kappa shape index (κ2) is 5.01. The van der Waals surface area contributed by atoms with Gasteiger partial charge in [0, 0.05) is 11.3 Å². The number of hydrogen-bond donors (Lipinski definition) is 0. The second-order valence-corrected chi connectivity index (χ2v) is 5.49. The van der Waals surface area contributed by atoms with Gasteiger partial charge in [-0.05, 0) is 36.4 Å². The maximum Gasteiger partial charge on any atom is 0.227 e. The van der Waals surface area contributed by atoms with Crippen molar-refractivity contribution in [1.82, 2.24) is 0 Å². The molecular weight excluding hydrogens is 262 g/mol. The third-order valence-corrected chi connectivity index (χ3v) is 4.19. The van der Waals surface area contributed by atoms with E-state index in [1.54, 1.807) is 28.4 Å². The number of carbonyl (C=O) groups excluding carboxylic acids is 2. The second-order valence-electron chi connectivity index (χ2n) is 4.48. The van der Waals surface area contributed by atoms with E-state index >= 15 is 0 Å². The van der Waals surface area contributed by atoms with E-state index in [0.29, 0.717) is 30.8 Å². The molecule has 0 unspecified atom stereocenters. The monoisotopic (exact) mass is 275 g/mol. The maximum atomic E-state index is 12.2. The van der Waals surface area contributed by atoms with Gasteiger partial charge >= 0.3 is 0 Å². The summed E-state index contributed by atoms with van der Waals surface area (Å²) in [5.41, 5.74) is 0.983. The molecule has 0 saturated carbocycles. The van der Waals surface area contributed by atoms with Crippen molar-refractivity contribution in [2.24, 2.45) is 0 Å². The first-order valence-corrected chi connectivity index (χ1v) is 7.06. The quantitative estimate of drug-likeness (QED) is 0.809. The van der Waals surface area contributed by atoms with Crippen LogP contribution in [-0.2, 0) is 17.8 Å². The summed E-state index contributed by atoms with van der Waals surface area (Å²) >= 11 is 1.68. The number of furan rings is 1. The Hall–Kier alpha value is -1.88. The molecule has 0 aromatic carbocycles. The molecule has 0 aliphatic carbocycles. The Kier molecular flexibility index (Phi) is 3.21. The summed E-state index contributed by atoms with van der Waals surface area (Å²) in [6, 6.07) is 5.35. The fourth-order valence-electron chi connectivity index (χ4n) is 2.30. The molecule has 1 amide bonds. The van der Waals surface area contributed by atoms with E-state index in [4.69, 9.17) is 4.42 Å². The average molecular weight is 275 g/mol. The molecule has 98 valence electrons. The molecule has 2 aromatic heterocycles. The molecule has 0 saturated heterocycles. The van der Waals surface area contributed by atoms with E-state index in [1.807, 2.05) is 11.4 Å². The van der Waals surface area contributed by atoms with Gasteiger partial charge in [-0.3, -0.25) is 9.59 Å². The van der Waals surface area contributed by atoms with Gasteiger partial charge in [-0.15, -0.1) is 11.3 Å². The van der Waals surface area contributed by atoms with Crippen molar-refractivity contribution in [3.63, 3.8) is 0 Å². The van der Waals surface area contributed by atoms with Gasteiger partial charge in [0.1, 0.15) is 5.76 Å². The van der Waals surface area contributed by atoms with Crippen molar-refractivity contribution < 1.29 is 14.0 Å². The van der Waals surface area contributed by atoms with Crippen molar-refractivity contribution in [3.05, 3.63) is 40.0 Å². The highest BCUT2D eigenvalue weighted by Crippen LogP contribution is 2.32. The molecule has 0 bridgehead atoms. The highest BCUT2D eigenvalue weighted by atomic mass is 32.1. The minimum Gasteiger partial charge on any atom is -0.456 e. The lowest BCUT2D eigenvalue weighted by Crippen LogP contribution is -2.28. The number of anilines is 1. The molecule has 0 atom stereocenters. The predicted octanol–water partition coefficient (Wildman–Crippen LogP) is 3.02. The summed E-state index contributed by atoms with van der Waals surface area (Å²) in [4.78, 5) is 25.8. The molecule has 19 heavy (non-hydrogen) atoms. The minimum absolute atomic E-state index is 0.112. The van der Waals surface area contributed by atoms with E-state index in [-0.39, 0.29) is 5.91 Å². The van der Waals surface area contributed by atoms with Crippen LogP contribution >= 0.6 is 11.3 Å². The van der Waals surface area contributed by atoms with Crippen molar-refractivity contribution in [1.29, 1.82) is 0 Å². The van der Waals surface area contributed by atoms with Gasteiger partial charge in [0.15, 0.2) is 12.0 Å². The van der Waals surface area contributed by atoms with Gasteiger partial charge < -0.3 is 9.32 Å². The number of nitrogens with zero attached hydrogens (tertiary/aromatic N) is 1. The molecule has 1 aliphatic rings. The van der Waals surface area contributed by atoms with E-state index in [1.165, 1.54) is 4.88 Å². The Balaban J connectivity index is 1.90. The first-order chi connectivity index (χ1) is 9.28. The first kappa shape index (κ1) is 12.2. The zero-order valence-electron chi connectivity index (χ0n) is 10.3. The Morgan fingerprint density at radius 3 is 3.00 bits per heavy atom. The van der Waals surface area contributed by atoms with Crippen molar-refractivity contribution >= 4 is 29.2 Å². The lowest BCUT2D eigenvalue weighted by atomic mass is 10.2. The number of amides is 1. The van der Waals surface area contributed by atoms with Gasteiger partial charge in [0.2, 0.25) is 5.91 Å². The summed E-state index contributed by atoms with van der Waals surface area (Å²) in [6.45, 7) is 0.385. The molecule has 0 fully saturated rings. The summed E-state index contributed by atoms with van der Waals surface area (Å²) < 4.78 is 5.36. The Labute approximate surface area is 114 Å². The smallest absolute Gasteiger partial charge is 0.227 e. The molecule has 3 heterocycles. The van der Waals surface area contributed by atoms with E-state index in [2.05, 4.69) is 0 Å². The third-order valence-electron chi connectivity index (χ3n) is 3.22. The van der Waals surface area contributed by atoms with Crippen molar-refractivity contribution in [2.75, 3.05) is 4.90 Å². The maximum absolute atomic E-state index is 12.2. The van der Waals surface area contributed by atoms with Gasteiger partial charge in [0.25, 0.3) is 0 Å². The molecule has 4 nitrogen and oxygen atoms in total. The van der Waals surface area contributed by atoms with Gasteiger partial charge in [-0.2, -0.15) is 0 Å². The number of fused-ring (bicyclic) bond motifs is 1. The number of aldehydes is 1. The molecule has 0 N–H and O–H groups in total. The Bertz CT molecular complexity index is 614. The largest absolute Gasteiger partial charge is 0.456 e. The molecule has 2 aromatic rings. The zero-order chi connectivity index (χ0) is 13.2. The lowest BCUT2D eigenvalue weighted by Gasteiger charge is -2.19. The van der Waals surface area contributed by atoms with Crippen LogP contribution in [0.1, 0.15) is 34.0 Å². The number of thiophene rings is 1. The minimum atomic E-state index is 0.112. The van der Waals surface area contributed by atoms with Crippen LogP contribution in [0, 0.1) is 0 Å². The molecule has 5 heteroatoms. The van der Waals surface area contributed by atoms with Gasteiger partial charge in [-0.25, -0.2) is 0 Å². The fourth-order valence-corrected chi connectivity index (χ4v) is 3.23. The summed E-state index contributed by atoms with van der Waals surface area (Å²) in [5.74, 6) is 1.04. The molecule has 1 aliphatic heterocycles. The summed E-state index contributed by atoms with van der Waals surface area (Å²) in [5, 5.41) is 2.01. The summed E-state index contributed by atoms with van der Waals surface area (Å²) in [7, 11) is 0. The molecule has 3 rings (SSSR count). The van der Waals surface area contributed by atoms with Crippen LogP contribution in [0.2, 0.25) is 0 Å². The van der Waals surface area contributed by atoms with Gasteiger partial charge in [0.05, 0.1) is 12.2 Å². The number of aryl methyl sites for hydroxylation is 1. The van der Waals surface area contributed by atoms with Crippen LogP contribution in [0.15, 0.2) is 28.0 Å². The van der Waals surface area contributed by atoms with Crippen LogP contribution in [0.4, 0.5) is 5.69 Å². The van der Waals surface area contributed by atoms with Crippen molar-refractivity contribution in [3.8, 4) is 0 Å². The van der Waals surface area contributed by atoms with E-state index in [9.17, 15) is 9.59 Å². The standard InChI is InChI=1S/C14H13NO3S/c16-9-11-5-4-10(18-11)8-15-12-6-7-19-13(12)2-1-3-14(15)17/h4-7,9H,1-3,8H2. The number of rotatable bonds is 3. The zero-order valence-corrected chi connectivity index (χ0v) is 11.1. The molecule has 0 radical (unpaired) electrons.